The topological polar surface area (TPSA) is 37.3 Å². The molecule has 0 unspecified atom stereocenters. The molecule has 1 N–H and O–H groups in total. The molecule has 0 aromatic rings. The van der Waals surface area contributed by atoms with Crippen LogP contribution in [0.2, 0.25) is 0 Å². The fourth-order valence-corrected chi connectivity index (χ4v) is 0.726. The van der Waals surface area contributed by atoms with E-state index in [-0.39, 0.29) is 0 Å². The van der Waals surface area contributed by atoms with E-state index < -0.39 is 41.8 Å². The molecule has 0 aromatic carbocycles. The molecule has 0 aliphatic carbocycles. The Morgan fingerprint density at radius 1 is 0.842 bits per heavy atom. The van der Waals surface area contributed by atoms with Crippen molar-refractivity contribution in [2.75, 3.05) is 0 Å². The molecule has 12 heteroatoms. The van der Waals surface area contributed by atoms with Crippen LogP contribution in [0.4, 0.5) is 43.9 Å². The number of hydrogen-bond acceptors (Lipinski definition) is 1. The number of carboxylic acids is 1. The van der Waals surface area contributed by atoms with Gasteiger partial charge in [0.2, 0.25) is 0 Å². The van der Waals surface area contributed by atoms with Gasteiger partial charge in [0.1, 0.15) is 0 Å². The molecule has 19 heavy (non-hydrogen) atoms. The van der Waals surface area contributed by atoms with Gasteiger partial charge < -0.3 is 9.50 Å². The smallest absolute Gasteiger partial charge is 0.410 e. The van der Waals surface area contributed by atoms with E-state index in [4.69, 9.17) is 5.11 Å². The summed E-state index contributed by atoms with van der Waals surface area (Å²) in [4.78, 5) is 9.68. The maximum Gasteiger partial charge on any atom is 0.410 e. The number of hydrogen-bond donors (Lipinski definition) is 1. The van der Waals surface area contributed by atoms with Crippen LogP contribution in [0.25, 0.3) is 0 Å². The van der Waals surface area contributed by atoms with Crippen LogP contribution in [-0.4, -0.2) is 34.8 Å². The van der Waals surface area contributed by atoms with E-state index in [2.05, 4.69) is 0 Å². The van der Waals surface area contributed by atoms with Crippen molar-refractivity contribution in [3.63, 3.8) is 0 Å². The van der Waals surface area contributed by atoms with Gasteiger partial charge in [-0.2, -0.15) is 35.1 Å². The van der Waals surface area contributed by atoms with E-state index in [1.165, 1.54) is 0 Å². The Balaban J connectivity index is 5.98. The first-order valence-corrected chi connectivity index (χ1v) is 3.82. The second kappa shape index (κ2) is 4.56. The van der Waals surface area contributed by atoms with Gasteiger partial charge in [-0.15, -0.1) is 0 Å². The Bertz CT molecular complexity index is 399. The molecule has 0 aliphatic heterocycles. The normalized spacial score (nSPS) is 15.6. The highest BCUT2D eigenvalue weighted by molar-refractivity contribution is 5.77. The summed E-state index contributed by atoms with van der Waals surface area (Å²) in [5.74, 6) is -35.6. The molecule has 0 rings (SSSR count). The van der Waals surface area contributed by atoms with Crippen molar-refractivity contribution in [3.05, 3.63) is 12.2 Å². The van der Waals surface area contributed by atoms with E-state index >= 15 is 0 Å². The van der Waals surface area contributed by atoms with Crippen LogP contribution < -0.4 is 0 Å². The molecule has 0 aliphatic rings. The predicted octanol–water partition coefficient (Wildman–Crippen LogP) is 3.20. The minimum atomic E-state index is -7.23. The molecule has 0 fully saturated rings. The van der Waals surface area contributed by atoms with Crippen LogP contribution in [0.15, 0.2) is 5.83 Å². The maximum absolute atomic E-state index is 12.6. The van der Waals surface area contributed by atoms with Gasteiger partial charge in [0.25, 0.3) is 0 Å². The quantitative estimate of drug-likeness (QED) is 0.625. The number of carbonyl (C=O) groups is 1. The molecular weight excluding hydrogens is 306 g/mol. The maximum atomic E-state index is 12.6. The van der Waals surface area contributed by atoms with Crippen molar-refractivity contribution in [2.24, 2.45) is 0 Å². The number of aliphatic carboxylic acids is 1. The summed E-state index contributed by atoms with van der Waals surface area (Å²) in [6.07, 6.45) is -0.742. The van der Waals surface area contributed by atoms with Crippen LogP contribution in [0.1, 0.15) is 0 Å². The third kappa shape index (κ3) is 2.23. The molecule has 0 spiro atoms. The zero-order chi connectivity index (χ0) is 15.9. The van der Waals surface area contributed by atoms with Crippen LogP contribution in [0, 0.1) is 6.33 Å². The van der Waals surface area contributed by atoms with Gasteiger partial charge >= 0.3 is 29.7 Å². The third-order valence-corrected chi connectivity index (χ3v) is 1.81. The summed E-state index contributed by atoms with van der Waals surface area (Å²) in [7, 11) is 0. The molecule has 0 saturated carbocycles. The van der Waals surface area contributed by atoms with Crippen molar-refractivity contribution in [3.8, 4) is 0 Å². The molecule has 0 bridgehead atoms. The second-order valence-electron chi connectivity index (χ2n) is 3.01. The van der Waals surface area contributed by atoms with Gasteiger partial charge in [-0.3, -0.25) is 6.33 Å². The number of rotatable bonds is 5. The highest BCUT2D eigenvalue weighted by atomic mass is 19.4. The second-order valence-corrected chi connectivity index (χ2v) is 3.01. The Morgan fingerprint density at radius 2 is 1.16 bits per heavy atom. The zero-order valence-electron chi connectivity index (χ0n) is 8.14. The average Bonchev–Trinajstić information content (AvgIpc) is 2.26. The first-order valence-electron chi connectivity index (χ1n) is 3.82. The number of alkyl halides is 8. The van der Waals surface area contributed by atoms with E-state index in [0.717, 1.165) is 0 Å². The summed E-state index contributed by atoms with van der Waals surface area (Å²) in [5, 5.41) is 7.60. The average molecular weight is 307 g/mol. The number of carboxylic acid groups (broad SMARTS) is 1. The zero-order valence-corrected chi connectivity index (χ0v) is 8.14. The van der Waals surface area contributed by atoms with Crippen molar-refractivity contribution in [2.45, 2.75) is 23.7 Å². The lowest BCUT2D eigenvalue weighted by Crippen LogP contribution is -2.64. The van der Waals surface area contributed by atoms with Gasteiger partial charge in [-0.25, -0.2) is 9.18 Å². The van der Waals surface area contributed by atoms with Crippen LogP contribution in [-0.2, 0) is 4.79 Å². The fourth-order valence-electron chi connectivity index (χ4n) is 0.726. The molecule has 0 saturated heterocycles. The Kier molecular flexibility index (Phi) is 4.20. The summed E-state index contributed by atoms with van der Waals surface area (Å²) in [6, 6.07) is 0. The van der Waals surface area contributed by atoms with Crippen LogP contribution in [0.3, 0.4) is 0 Å². The lowest BCUT2D eigenvalue weighted by atomic mass is 9.98. The lowest BCUT2D eigenvalue weighted by molar-refractivity contribution is -0.354. The third-order valence-electron chi connectivity index (χ3n) is 1.81. The van der Waals surface area contributed by atoms with E-state index in [0.29, 0.717) is 0 Å². The molecular formula is C7HF10O2-. The minimum Gasteiger partial charge on any atom is -0.477 e. The van der Waals surface area contributed by atoms with E-state index in [1.807, 2.05) is 0 Å². The Labute approximate surface area is 96.9 Å². The fraction of sp³-hybridized carbons (Fsp3) is 0.571. The van der Waals surface area contributed by atoms with Gasteiger partial charge in [0.05, 0.1) is 0 Å². The first kappa shape index (κ1) is 17.5. The summed E-state index contributed by atoms with van der Waals surface area (Å²) in [6.45, 7) is 0. The van der Waals surface area contributed by atoms with Gasteiger partial charge in [0, 0.05) is 5.83 Å². The summed E-state index contributed by atoms with van der Waals surface area (Å²) < 4.78 is 123. The van der Waals surface area contributed by atoms with Crippen molar-refractivity contribution < 1.29 is 53.8 Å². The number of allylic oxidation sites excluding steroid dienone is 1. The Hall–Kier alpha value is -1.49. The lowest BCUT2D eigenvalue weighted by Gasteiger charge is -2.35. The van der Waals surface area contributed by atoms with Crippen LogP contribution >= 0.6 is 0 Å². The van der Waals surface area contributed by atoms with Crippen LogP contribution in [0.5, 0.6) is 0 Å². The Morgan fingerprint density at radius 3 is 1.42 bits per heavy atom. The van der Waals surface area contributed by atoms with Gasteiger partial charge in [0.15, 0.2) is 0 Å². The van der Waals surface area contributed by atoms with Gasteiger partial charge in [-0.1, -0.05) is 0 Å². The highest BCUT2D eigenvalue weighted by Gasteiger charge is 2.83. The first-order chi connectivity index (χ1) is 8.17. The molecule has 0 amide bonds. The molecule has 0 heterocycles. The van der Waals surface area contributed by atoms with E-state index in [9.17, 15) is 48.7 Å². The number of halogens is 10. The SMILES string of the molecule is O=C(O)C(F)(F)C(F)(F)C(F)(F)C(F)(F)C(F)=[C-]F. The van der Waals surface area contributed by atoms with Crippen molar-refractivity contribution in [1.82, 2.24) is 0 Å². The highest BCUT2D eigenvalue weighted by Crippen LogP contribution is 2.54. The molecule has 0 radical (unpaired) electrons. The van der Waals surface area contributed by atoms with Crippen molar-refractivity contribution in [1.29, 1.82) is 0 Å². The molecule has 0 aromatic heterocycles. The minimum absolute atomic E-state index is 0.742. The molecule has 2 nitrogen and oxygen atoms in total. The summed E-state index contributed by atoms with van der Waals surface area (Å²) >= 11 is 0. The summed E-state index contributed by atoms with van der Waals surface area (Å²) in [5.41, 5.74) is 0. The predicted molar refractivity (Wildman–Crippen MR) is 36.4 cm³/mol. The molecule has 112 valence electrons. The van der Waals surface area contributed by atoms with Crippen molar-refractivity contribution >= 4 is 5.97 Å². The van der Waals surface area contributed by atoms with E-state index in [1.54, 1.807) is 0 Å². The van der Waals surface area contributed by atoms with Gasteiger partial charge in [-0.05, 0) is 0 Å². The largest absolute Gasteiger partial charge is 0.477 e. The molecule has 0 atom stereocenters. The standard InChI is InChI=1S/C7HF10O2/c8-1-2(9)4(10,11)6(14,15)7(16,17)5(12,13)3(18)19/h(H,18,19)/q-1. The monoisotopic (exact) mass is 307 g/mol.